The summed E-state index contributed by atoms with van der Waals surface area (Å²) in [5, 5.41) is 2.67. The van der Waals surface area contributed by atoms with Crippen LogP contribution >= 0.6 is 38.5 Å². The van der Waals surface area contributed by atoms with Gasteiger partial charge in [0, 0.05) is 20.8 Å². The second kappa shape index (κ2) is 6.09. The molecule has 7 heteroatoms. The summed E-state index contributed by atoms with van der Waals surface area (Å²) in [6.45, 7) is 3.26. The van der Waals surface area contributed by atoms with Crippen molar-refractivity contribution < 1.29 is 13.2 Å². The first-order chi connectivity index (χ1) is 8.54. The van der Waals surface area contributed by atoms with E-state index in [1.54, 1.807) is 19.9 Å². The quantitative estimate of drug-likeness (QED) is 0.704. The van der Waals surface area contributed by atoms with Crippen LogP contribution in [0.4, 0.5) is 0 Å². The number of amides is 1. The summed E-state index contributed by atoms with van der Waals surface area (Å²) in [4.78, 5) is 12.1. The Hall–Kier alpha value is -0.150. The molecule has 4 nitrogen and oxygen atoms in total. The maximum Gasteiger partial charge on any atom is 0.252 e. The van der Waals surface area contributed by atoms with Crippen LogP contribution in [0.1, 0.15) is 24.2 Å². The Morgan fingerprint density at radius 3 is 2.53 bits per heavy atom. The highest BCUT2D eigenvalue weighted by atomic mass is 127. The first-order valence-corrected chi connectivity index (χ1v) is 9.24. The van der Waals surface area contributed by atoms with Gasteiger partial charge in [0.05, 0.1) is 10.3 Å². The summed E-state index contributed by atoms with van der Waals surface area (Å²) < 4.78 is 23.8. The molecule has 0 fully saturated rings. The lowest BCUT2D eigenvalue weighted by atomic mass is 10.2. The molecule has 0 aliphatic heterocycles. The van der Waals surface area contributed by atoms with Crippen molar-refractivity contribution in [2.75, 3.05) is 12.8 Å². The number of rotatable bonds is 4. The Bertz CT molecular complexity index is 599. The van der Waals surface area contributed by atoms with E-state index >= 15 is 0 Å². The molecule has 1 aromatic rings. The SMILES string of the molecule is CC(C)(CNC(=O)c1cc(Br)ccc1I)S(C)(=O)=O. The minimum atomic E-state index is -3.22. The van der Waals surface area contributed by atoms with Crippen molar-refractivity contribution in [3.63, 3.8) is 0 Å². The van der Waals surface area contributed by atoms with Crippen LogP contribution in [0.5, 0.6) is 0 Å². The van der Waals surface area contributed by atoms with Crippen molar-refractivity contribution >= 4 is 54.3 Å². The van der Waals surface area contributed by atoms with Gasteiger partial charge in [0.1, 0.15) is 0 Å². The average Bonchev–Trinajstić information content (AvgIpc) is 2.28. The van der Waals surface area contributed by atoms with Gasteiger partial charge in [-0.3, -0.25) is 4.79 Å². The van der Waals surface area contributed by atoms with Gasteiger partial charge < -0.3 is 5.32 Å². The van der Waals surface area contributed by atoms with Gasteiger partial charge in [0.2, 0.25) is 0 Å². The molecule has 0 saturated carbocycles. The van der Waals surface area contributed by atoms with Gasteiger partial charge in [0.15, 0.2) is 9.84 Å². The van der Waals surface area contributed by atoms with Crippen molar-refractivity contribution in [1.29, 1.82) is 0 Å². The Kier molecular flexibility index (Phi) is 5.42. The number of carbonyl (C=O) groups is 1. The van der Waals surface area contributed by atoms with Crippen LogP contribution in [0.15, 0.2) is 22.7 Å². The highest BCUT2D eigenvalue weighted by Gasteiger charge is 2.30. The van der Waals surface area contributed by atoms with E-state index in [4.69, 9.17) is 0 Å². The maximum atomic E-state index is 12.1. The zero-order valence-corrected chi connectivity index (χ0v) is 15.4. The fourth-order valence-corrected chi connectivity index (χ4v) is 2.47. The fourth-order valence-electron chi connectivity index (χ4n) is 1.19. The number of benzene rings is 1. The molecule has 0 radical (unpaired) electrons. The van der Waals surface area contributed by atoms with E-state index in [1.165, 1.54) is 6.26 Å². The minimum absolute atomic E-state index is 0.0766. The highest BCUT2D eigenvalue weighted by Crippen LogP contribution is 2.19. The molecule has 0 unspecified atom stereocenters. The van der Waals surface area contributed by atoms with Gasteiger partial charge in [-0.05, 0) is 54.6 Å². The van der Waals surface area contributed by atoms with E-state index in [0.717, 1.165) is 8.04 Å². The van der Waals surface area contributed by atoms with Crippen molar-refractivity contribution in [3.8, 4) is 0 Å². The molecule has 1 N–H and O–H groups in total. The van der Waals surface area contributed by atoms with Gasteiger partial charge in [-0.2, -0.15) is 0 Å². The zero-order valence-electron chi connectivity index (χ0n) is 10.8. The zero-order chi connectivity index (χ0) is 14.8. The van der Waals surface area contributed by atoms with Crippen molar-refractivity contribution in [2.45, 2.75) is 18.6 Å². The Labute approximate surface area is 135 Å². The molecule has 106 valence electrons. The molecule has 0 saturated heterocycles. The van der Waals surface area contributed by atoms with E-state index < -0.39 is 14.6 Å². The standard InChI is InChI=1S/C12H15BrINO3S/c1-12(2,19(3,17)18)7-15-11(16)9-6-8(13)4-5-10(9)14/h4-6H,7H2,1-3H3,(H,15,16). The fraction of sp³-hybridized carbons (Fsp3) is 0.417. The van der Waals surface area contributed by atoms with E-state index in [0.29, 0.717) is 5.56 Å². The number of hydrogen-bond acceptors (Lipinski definition) is 3. The topological polar surface area (TPSA) is 63.2 Å². The predicted octanol–water partition coefficient (Wildman–Crippen LogP) is 2.61. The molecule has 19 heavy (non-hydrogen) atoms. The monoisotopic (exact) mass is 459 g/mol. The second-order valence-electron chi connectivity index (χ2n) is 4.84. The van der Waals surface area contributed by atoms with E-state index in [-0.39, 0.29) is 12.5 Å². The Morgan fingerprint density at radius 1 is 1.42 bits per heavy atom. The first-order valence-electron chi connectivity index (χ1n) is 5.47. The molecule has 0 atom stereocenters. The van der Waals surface area contributed by atoms with Crippen LogP contribution in [0.25, 0.3) is 0 Å². The average molecular weight is 460 g/mol. The lowest BCUT2D eigenvalue weighted by molar-refractivity contribution is 0.0949. The number of carbonyl (C=O) groups excluding carboxylic acids is 1. The number of hydrogen-bond donors (Lipinski definition) is 1. The molecule has 1 aromatic carbocycles. The van der Waals surface area contributed by atoms with E-state index in [1.807, 2.05) is 12.1 Å². The lowest BCUT2D eigenvalue weighted by Gasteiger charge is -2.22. The molecule has 1 amide bonds. The van der Waals surface area contributed by atoms with Crippen LogP contribution in [-0.2, 0) is 9.84 Å². The highest BCUT2D eigenvalue weighted by molar-refractivity contribution is 14.1. The third-order valence-corrected chi connectivity index (χ3v) is 6.44. The molecule has 0 aliphatic rings. The third kappa shape index (κ3) is 4.42. The summed E-state index contributed by atoms with van der Waals surface area (Å²) in [5.41, 5.74) is 0.527. The van der Waals surface area contributed by atoms with Crippen molar-refractivity contribution in [1.82, 2.24) is 5.32 Å². The summed E-state index contributed by atoms with van der Waals surface area (Å²) in [7, 11) is -3.22. The summed E-state index contributed by atoms with van der Waals surface area (Å²) in [5.74, 6) is -0.276. The predicted molar refractivity (Wildman–Crippen MR) is 88.1 cm³/mol. The van der Waals surface area contributed by atoms with E-state index in [9.17, 15) is 13.2 Å². The van der Waals surface area contributed by atoms with Crippen LogP contribution in [0.2, 0.25) is 0 Å². The first kappa shape index (κ1) is 16.9. The number of nitrogens with one attached hydrogen (secondary N) is 1. The van der Waals surface area contributed by atoms with Gasteiger partial charge in [-0.1, -0.05) is 15.9 Å². The van der Waals surface area contributed by atoms with Crippen LogP contribution in [0, 0.1) is 3.57 Å². The lowest BCUT2D eigenvalue weighted by Crippen LogP contribution is -2.43. The van der Waals surface area contributed by atoms with Crippen LogP contribution < -0.4 is 5.32 Å². The second-order valence-corrected chi connectivity index (χ2v) is 9.57. The summed E-state index contributed by atoms with van der Waals surface area (Å²) in [6, 6.07) is 5.38. The number of sulfone groups is 1. The van der Waals surface area contributed by atoms with Gasteiger partial charge in [-0.25, -0.2) is 8.42 Å². The van der Waals surface area contributed by atoms with E-state index in [2.05, 4.69) is 43.8 Å². The largest absolute Gasteiger partial charge is 0.350 e. The van der Waals surface area contributed by atoms with Crippen LogP contribution in [0.3, 0.4) is 0 Å². The molecule has 0 aliphatic carbocycles. The Balaban J connectivity index is 2.85. The minimum Gasteiger partial charge on any atom is -0.350 e. The Morgan fingerprint density at radius 2 is 2.00 bits per heavy atom. The normalized spacial score (nSPS) is 12.3. The molecule has 0 aromatic heterocycles. The molecular formula is C12H15BrINO3S. The van der Waals surface area contributed by atoms with Crippen molar-refractivity contribution in [3.05, 3.63) is 31.8 Å². The van der Waals surface area contributed by atoms with Gasteiger partial charge in [0.25, 0.3) is 5.91 Å². The maximum absolute atomic E-state index is 12.1. The molecular weight excluding hydrogens is 445 g/mol. The number of halogens is 2. The third-order valence-electron chi connectivity index (χ3n) is 2.85. The smallest absolute Gasteiger partial charge is 0.252 e. The van der Waals surface area contributed by atoms with Crippen LogP contribution in [-0.4, -0.2) is 31.9 Å². The van der Waals surface area contributed by atoms with Gasteiger partial charge >= 0.3 is 0 Å². The molecule has 0 bridgehead atoms. The summed E-state index contributed by atoms with van der Waals surface area (Å²) >= 11 is 5.38. The molecule has 0 heterocycles. The molecule has 1 rings (SSSR count). The van der Waals surface area contributed by atoms with Crippen molar-refractivity contribution in [2.24, 2.45) is 0 Å². The molecule has 0 spiro atoms. The van der Waals surface area contributed by atoms with Gasteiger partial charge in [-0.15, -0.1) is 0 Å². The summed E-state index contributed by atoms with van der Waals surface area (Å²) in [6.07, 6.45) is 1.17.